The Morgan fingerprint density at radius 2 is 1.56 bits per heavy atom. The molecule has 0 unspecified atom stereocenters. The highest BCUT2D eigenvalue weighted by Gasteiger charge is 2.51. The van der Waals surface area contributed by atoms with E-state index in [1.165, 1.54) is 0 Å². The lowest BCUT2D eigenvalue weighted by molar-refractivity contribution is 0.00578. The maximum absolute atomic E-state index is 6.29. The number of hydrogen-bond acceptors (Lipinski definition) is 8. The molecule has 1 fully saturated rings. The Bertz CT molecular complexity index is 1490. The monoisotopic (exact) mass is 527 g/mol. The molecule has 1 aliphatic rings. The first-order valence-corrected chi connectivity index (χ1v) is 12.9. The molecule has 0 radical (unpaired) electrons. The fourth-order valence-electron chi connectivity index (χ4n) is 4.64. The van der Waals surface area contributed by atoms with E-state index in [2.05, 4.69) is 61.4 Å². The first-order chi connectivity index (χ1) is 18.7. The van der Waals surface area contributed by atoms with Crippen molar-refractivity contribution in [1.29, 1.82) is 0 Å². The van der Waals surface area contributed by atoms with Crippen LogP contribution in [0.3, 0.4) is 0 Å². The third kappa shape index (κ3) is 5.12. The van der Waals surface area contributed by atoms with E-state index in [4.69, 9.17) is 23.5 Å². The maximum atomic E-state index is 6.29. The number of nitrogens with zero attached hydrogens (tertiary/aromatic N) is 2. The molecule has 4 aromatic rings. The molecule has 0 amide bonds. The normalized spacial score (nSPS) is 15.8. The average molecular weight is 527 g/mol. The third-order valence-corrected chi connectivity index (χ3v) is 7.66. The fraction of sp³-hybridized carbons (Fsp3) is 0.333. The third-order valence-electron chi connectivity index (χ3n) is 7.66. The van der Waals surface area contributed by atoms with Gasteiger partial charge in [0.05, 0.1) is 38.7 Å². The van der Waals surface area contributed by atoms with Crippen LogP contribution in [0.1, 0.15) is 33.3 Å². The second-order valence-electron chi connectivity index (χ2n) is 10.6. The van der Waals surface area contributed by atoms with Crippen molar-refractivity contribution in [2.75, 3.05) is 26.6 Å². The molecule has 202 valence electrons. The summed E-state index contributed by atoms with van der Waals surface area (Å²) in [6.07, 6.45) is 1.77. The second-order valence-corrected chi connectivity index (χ2v) is 10.6. The van der Waals surface area contributed by atoms with Crippen LogP contribution in [0.2, 0.25) is 0 Å². The summed E-state index contributed by atoms with van der Waals surface area (Å²) < 4.78 is 29.1. The van der Waals surface area contributed by atoms with Gasteiger partial charge in [0.1, 0.15) is 17.2 Å². The van der Waals surface area contributed by atoms with Crippen LogP contribution in [-0.4, -0.2) is 49.8 Å². The molecule has 9 heteroatoms. The molecule has 0 bridgehead atoms. The summed E-state index contributed by atoms with van der Waals surface area (Å²) in [7, 11) is 4.50. The number of benzene rings is 3. The SMILES string of the molecule is COc1ccc(CNc2nncc3cc(-c4cc(B5OC(C)(C)C(C)(C)O5)ccc4OC)ccc23)c(OC)c1. The Morgan fingerprint density at radius 1 is 0.821 bits per heavy atom. The van der Waals surface area contributed by atoms with Gasteiger partial charge in [-0.1, -0.05) is 18.2 Å². The van der Waals surface area contributed by atoms with Crippen molar-refractivity contribution >= 4 is 29.2 Å². The zero-order chi connectivity index (χ0) is 27.8. The highest BCUT2D eigenvalue weighted by molar-refractivity contribution is 6.62. The van der Waals surface area contributed by atoms with Crippen LogP contribution in [0.4, 0.5) is 5.82 Å². The van der Waals surface area contributed by atoms with Gasteiger partial charge in [-0.05, 0) is 69.1 Å². The quantitative estimate of drug-likeness (QED) is 0.312. The van der Waals surface area contributed by atoms with Crippen LogP contribution >= 0.6 is 0 Å². The zero-order valence-corrected chi connectivity index (χ0v) is 23.5. The predicted molar refractivity (Wildman–Crippen MR) is 154 cm³/mol. The Kier molecular flexibility index (Phi) is 7.14. The molecule has 1 aromatic heterocycles. The fourth-order valence-corrected chi connectivity index (χ4v) is 4.64. The van der Waals surface area contributed by atoms with E-state index in [9.17, 15) is 0 Å². The molecule has 1 aliphatic heterocycles. The van der Waals surface area contributed by atoms with Crippen molar-refractivity contribution in [1.82, 2.24) is 10.2 Å². The summed E-state index contributed by atoms with van der Waals surface area (Å²) in [6.45, 7) is 8.74. The van der Waals surface area contributed by atoms with Crippen molar-refractivity contribution in [3.63, 3.8) is 0 Å². The van der Waals surface area contributed by atoms with E-state index in [0.29, 0.717) is 12.4 Å². The number of aromatic nitrogens is 2. The lowest BCUT2D eigenvalue weighted by atomic mass is 9.77. The van der Waals surface area contributed by atoms with Crippen molar-refractivity contribution in [3.8, 4) is 28.4 Å². The molecule has 2 heterocycles. The van der Waals surface area contributed by atoms with Crippen LogP contribution in [0, 0.1) is 0 Å². The molecule has 0 spiro atoms. The van der Waals surface area contributed by atoms with Gasteiger partial charge < -0.3 is 28.8 Å². The summed E-state index contributed by atoms with van der Waals surface area (Å²) in [6, 6.07) is 18.0. The number of anilines is 1. The number of rotatable bonds is 8. The summed E-state index contributed by atoms with van der Waals surface area (Å²) >= 11 is 0. The molecule has 8 nitrogen and oxygen atoms in total. The molecule has 0 aliphatic carbocycles. The van der Waals surface area contributed by atoms with Crippen LogP contribution in [-0.2, 0) is 15.9 Å². The van der Waals surface area contributed by atoms with Gasteiger partial charge in [-0.15, -0.1) is 5.10 Å². The van der Waals surface area contributed by atoms with Gasteiger partial charge in [0, 0.05) is 34.5 Å². The van der Waals surface area contributed by atoms with Crippen LogP contribution in [0.5, 0.6) is 17.2 Å². The van der Waals surface area contributed by atoms with Crippen LogP contribution in [0.15, 0.2) is 60.8 Å². The van der Waals surface area contributed by atoms with Gasteiger partial charge in [-0.25, -0.2) is 0 Å². The average Bonchev–Trinajstić information content (AvgIpc) is 3.17. The van der Waals surface area contributed by atoms with Crippen molar-refractivity contribution in [2.24, 2.45) is 0 Å². The Hall–Kier alpha value is -3.82. The first kappa shape index (κ1) is 26.8. The minimum absolute atomic E-state index is 0.418. The standard InChI is InChI=1S/C30H34BN3O5/c1-29(2)30(3,4)39-31(38-29)22-10-13-26(36-6)25(15-22)19-9-12-24-21(14-19)18-33-34-28(24)32-17-20-8-11-23(35-5)16-27(20)37-7/h8-16,18H,17H2,1-7H3,(H,32,34). The van der Waals surface area contributed by atoms with E-state index in [-0.39, 0.29) is 0 Å². The molecule has 3 aromatic carbocycles. The van der Waals surface area contributed by atoms with E-state index in [1.807, 2.05) is 36.4 Å². The Morgan fingerprint density at radius 3 is 2.26 bits per heavy atom. The van der Waals surface area contributed by atoms with E-state index < -0.39 is 18.3 Å². The molecule has 1 N–H and O–H groups in total. The number of ether oxygens (including phenoxy) is 3. The summed E-state index contributed by atoms with van der Waals surface area (Å²) in [5.41, 5.74) is 3.03. The van der Waals surface area contributed by atoms with Gasteiger partial charge in [-0.2, -0.15) is 5.10 Å². The summed E-state index contributed by atoms with van der Waals surface area (Å²) in [5, 5.41) is 13.9. The largest absolute Gasteiger partial charge is 0.497 e. The number of methoxy groups -OCH3 is 3. The summed E-state index contributed by atoms with van der Waals surface area (Å²) in [4.78, 5) is 0. The second kappa shape index (κ2) is 10.4. The first-order valence-electron chi connectivity index (χ1n) is 12.9. The molecular formula is C30H34BN3O5. The molecular weight excluding hydrogens is 493 g/mol. The molecule has 5 rings (SSSR count). The minimum atomic E-state index is -0.461. The van der Waals surface area contributed by atoms with Crippen LogP contribution < -0.4 is 25.0 Å². The Balaban J connectivity index is 1.44. The van der Waals surface area contributed by atoms with Gasteiger partial charge in [-0.3, -0.25) is 0 Å². The van der Waals surface area contributed by atoms with Gasteiger partial charge in [0.2, 0.25) is 0 Å². The number of fused-ring (bicyclic) bond motifs is 1. The highest BCUT2D eigenvalue weighted by atomic mass is 16.7. The lowest BCUT2D eigenvalue weighted by Gasteiger charge is -2.32. The zero-order valence-electron chi connectivity index (χ0n) is 23.5. The van der Waals surface area contributed by atoms with E-state index in [1.54, 1.807) is 27.5 Å². The van der Waals surface area contributed by atoms with Crippen molar-refractivity contribution in [3.05, 3.63) is 66.4 Å². The smallest absolute Gasteiger partial charge is 0.494 e. The molecule has 0 saturated carbocycles. The molecule has 0 atom stereocenters. The molecule has 1 saturated heterocycles. The number of nitrogens with one attached hydrogen (secondary N) is 1. The minimum Gasteiger partial charge on any atom is -0.497 e. The molecule has 39 heavy (non-hydrogen) atoms. The van der Waals surface area contributed by atoms with Gasteiger partial charge in [0.15, 0.2) is 5.82 Å². The topological polar surface area (TPSA) is 84.0 Å². The van der Waals surface area contributed by atoms with Gasteiger partial charge >= 0.3 is 7.12 Å². The Labute approximate surface area is 229 Å². The summed E-state index contributed by atoms with van der Waals surface area (Å²) in [5.74, 6) is 2.94. The van der Waals surface area contributed by atoms with Gasteiger partial charge in [0.25, 0.3) is 0 Å². The van der Waals surface area contributed by atoms with E-state index >= 15 is 0 Å². The van der Waals surface area contributed by atoms with E-state index in [0.717, 1.165) is 50.2 Å². The highest BCUT2D eigenvalue weighted by Crippen LogP contribution is 2.38. The predicted octanol–water partition coefficient (Wildman–Crippen LogP) is 5.23. The number of hydrogen-bond donors (Lipinski definition) is 1. The van der Waals surface area contributed by atoms with Crippen LogP contribution in [0.25, 0.3) is 21.9 Å². The van der Waals surface area contributed by atoms with Crippen molar-refractivity contribution in [2.45, 2.75) is 45.4 Å². The lowest BCUT2D eigenvalue weighted by Crippen LogP contribution is -2.41. The maximum Gasteiger partial charge on any atom is 0.494 e. The van der Waals surface area contributed by atoms with Crippen molar-refractivity contribution < 1.29 is 23.5 Å².